The monoisotopic (exact) mass is 455 g/mol. The van der Waals surface area contributed by atoms with Crippen molar-refractivity contribution in [1.82, 2.24) is 5.32 Å². The third-order valence-electron chi connectivity index (χ3n) is 3.41. The molecule has 1 aromatic carbocycles. The van der Waals surface area contributed by atoms with Crippen molar-refractivity contribution in [2.75, 3.05) is 7.05 Å². The minimum Gasteiger partial charge on any atom is -0.355 e. The van der Waals surface area contributed by atoms with Crippen LogP contribution in [0.4, 0.5) is 17.6 Å². The Morgan fingerprint density at radius 2 is 1.83 bits per heavy atom. The molecule has 0 saturated heterocycles. The molecule has 2 rings (SSSR count). The summed E-state index contributed by atoms with van der Waals surface area (Å²) in [5.74, 6) is -0.435. The Hall–Kier alpha value is -1.15. The Kier molecular flexibility index (Phi) is 5.06. The van der Waals surface area contributed by atoms with Crippen LogP contribution in [0.15, 0.2) is 44.9 Å². The van der Waals surface area contributed by atoms with Gasteiger partial charge in [0, 0.05) is 33.6 Å². The summed E-state index contributed by atoms with van der Waals surface area (Å²) in [5, 5.41) is 2.40. The van der Waals surface area contributed by atoms with Crippen LogP contribution in [-0.4, -0.2) is 13.0 Å². The van der Waals surface area contributed by atoms with Gasteiger partial charge >= 0.3 is 6.18 Å². The number of amides is 1. The summed E-state index contributed by atoms with van der Waals surface area (Å²) in [7, 11) is 1.42. The first kappa shape index (κ1) is 18.2. The molecule has 124 valence electrons. The van der Waals surface area contributed by atoms with E-state index in [1.165, 1.54) is 25.3 Å². The molecule has 1 atom stereocenters. The van der Waals surface area contributed by atoms with Crippen LogP contribution in [0.5, 0.6) is 0 Å². The smallest absolute Gasteiger partial charge is 0.355 e. The summed E-state index contributed by atoms with van der Waals surface area (Å²) in [4.78, 5) is 11.7. The molecule has 0 spiro atoms. The molecule has 1 aromatic rings. The average molecular weight is 457 g/mol. The second-order valence-electron chi connectivity index (χ2n) is 4.98. The van der Waals surface area contributed by atoms with E-state index in [-0.39, 0.29) is 26.5 Å². The SMILES string of the molecule is CNC(=O)C1=CC=CC(F)(c2c(Br)cc(C(F)(F)F)cc2Br)C1. The summed E-state index contributed by atoms with van der Waals surface area (Å²) < 4.78 is 53.8. The third-order valence-corrected chi connectivity index (χ3v) is 4.66. The molecule has 1 amide bonds. The fourth-order valence-electron chi connectivity index (χ4n) is 2.33. The van der Waals surface area contributed by atoms with Crippen molar-refractivity contribution in [3.8, 4) is 0 Å². The van der Waals surface area contributed by atoms with Gasteiger partial charge in [0.05, 0.1) is 5.56 Å². The largest absolute Gasteiger partial charge is 0.416 e. The minimum atomic E-state index is -4.54. The molecular weight excluding hydrogens is 446 g/mol. The summed E-state index contributed by atoms with van der Waals surface area (Å²) in [6.45, 7) is 0. The second-order valence-corrected chi connectivity index (χ2v) is 6.69. The molecule has 1 unspecified atom stereocenters. The number of alkyl halides is 4. The van der Waals surface area contributed by atoms with Crippen LogP contribution in [0.2, 0.25) is 0 Å². The maximum Gasteiger partial charge on any atom is 0.416 e. The fourth-order valence-corrected chi connectivity index (χ4v) is 4.18. The van der Waals surface area contributed by atoms with Crippen molar-refractivity contribution in [3.63, 3.8) is 0 Å². The highest BCUT2D eigenvalue weighted by atomic mass is 79.9. The van der Waals surface area contributed by atoms with Crippen molar-refractivity contribution < 1.29 is 22.4 Å². The molecule has 0 bridgehead atoms. The Labute approximate surface area is 146 Å². The molecule has 23 heavy (non-hydrogen) atoms. The van der Waals surface area contributed by atoms with E-state index >= 15 is 4.39 Å². The van der Waals surface area contributed by atoms with Gasteiger partial charge in [0.25, 0.3) is 0 Å². The quantitative estimate of drug-likeness (QED) is 0.621. The molecule has 0 aliphatic heterocycles. The van der Waals surface area contributed by atoms with Gasteiger partial charge < -0.3 is 5.32 Å². The molecule has 8 heteroatoms. The summed E-state index contributed by atoms with van der Waals surface area (Å²) in [6.07, 6.45) is -0.737. The van der Waals surface area contributed by atoms with Gasteiger partial charge in [0.15, 0.2) is 5.67 Å². The topological polar surface area (TPSA) is 29.1 Å². The zero-order valence-electron chi connectivity index (χ0n) is 11.8. The van der Waals surface area contributed by atoms with E-state index in [1.54, 1.807) is 0 Å². The van der Waals surface area contributed by atoms with Crippen LogP contribution in [0.3, 0.4) is 0 Å². The van der Waals surface area contributed by atoms with Gasteiger partial charge in [-0.25, -0.2) is 4.39 Å². The van der Waals surface area contributed by atoms with Crippen LogP contribution in [-0.2, 0) is 16.6 Å². The van der Waals surface area contributed by atoms with Crippen LogP contribution in [0, 0.1) is 0 Å². The number of allylic oxidation sites excluding steroid dienone is 3. The molecule has 0 radical (unpaired) electrons. The molecular formula is C15H11Br2F4NO. The van der Waals surface area contributed by atoms with Gasteiger partial charge in [0.2, 0.25) is 5.91 Å². The second kappa shape index (κ2) is 6.39. The number of carbonyl (C=O) groups excluding carboxylic acids is 1. The van der Waals surface area contributed by atoms with E-state index in [0.717, 1.165) is 12.1 Å². The minimum absolute atomic E-state index is 0.0104. The normalized spacial score (nSPS) is 21.1. The number of rotatable bonds is 2. The van der Waals surface area contributed by atoms with Crippen molar-refractivity contribution in [3.05, 3.63) is 56.0 Å². The van der Waals surface area contributed by atoms with Crippen molar-refractivity contribution in [1.29, 1.82) is 0 Å². The van der Waals surface area contributed by atoms with E-state index < -0.39 is 23.3 Å². The molecule has 1 aliphatic carbocycles. The highest BCUT2D eigenvalue weighted by molar-refractivity contribution is 9.11. The maximum absolute atomic E-state index is 15.4. The number of nitrogens with one attached hydrogen (secondary N) is 1. The van der Waals surface area contributed by atoms with Crippen LogP contribution < -0.4 is 5.32 Å². The van der Waals surface area contributed by atoms with E-state index in [9.17, 15) is 18.0 Å². The highest BCUT2D eigenvalue weighted by Crippen LogP contribution is 2.46. The van der Waals surface area contributed by atoms with Gasteiger partial charge in [-0.1, -0.05) is 44.0 Å². The third kappa shape index (κ3) is 3.68. The zero-order chi connectivity index (χ0) is 17.4. The predicted octanol–water partition coefficient (Wildman–Crippen LogP) is 5.03. The highest BCUT2D eigenvalue weighted by Gasteiger charge is 2.39. The summed E-state index contributed by atoms with van der Waals surface area (Å²) >= 11 is 6.02. The molecule has 0 fully saturated rings. The lowest BCUT2D eigenvalue weighted by molar-refractivity contribution is -0.137. The molecule has 0 saturated carbocycles. The molecule has 2 nitrogen and oxygen atoms in total. The van der Waals surface area contributed by atoms with E-state index in [4.69, 9.17) is 0 Å². The average Bonchev–Trinajstić information content (AvgIpc) is 2.44. The molecule has 0 aromatic heterocycles. The Bertz CT molecular complexity index is 689. The molecule has 1 N–H and O–H groups in total. The maximum atomic E-state index is 15.4. The number of likely N-dealkylation sites (N-methyl/N-ethyl adjacent to an activating group) is 1. The number of carbonyl (C=O) groups is 1. The molecule has 0 heterocycles. The van der Waals surface area contributed by atoms with Gasteiger partial charge in [-0.05, 0) is 18.2 Å². The van der Waals surface area contributed by atoms with Crippen molar-refractivity contribution in [2.24, 2.45) is 0 Å². The lowest BCUT2D eigenvalue weighted by atomic mass is 9.84. The zero-order valence-corrected chi connectivity index (χ0v) is 14.9. The Morgan fingerprint density at radius 1 is 1.26 bits per heavy atom. The van der Waals surface area contributed by atoms with E-state index in [1.807, 2.05) is 0 Å². The first-order valence-corrected chi connectivity index (χ1v) is 8.03. The van der Waals surface area contributed by atoms with Crippen LogP contribution in [0.1, 0.15) is 17.5 Å². The predicted molar refractivity (Wildman–Crippen MR) is 85.5 cm³/mol. The van der Waals surface area contributed by atoms with Crippen LogP contribution >= 0.6 is 31.9 Å². The first-order valence-electron chi connectivity index (χ1n) is 6.44. The van der Waals surface area contributed by atoms with Crippen LogP contribution in [0.25, 0.3) is 0 Å². The number of halogens is 6. The Balaban J connectivity index is 2.49. The standard InChI is InChI=1S/C15H11Br2F4NO/c1-22-13(23)8-3-2-4-14(18,7-8)12-10(16)5-9(6-11(12)17)15(19,20)21/h2-6H,7H2,1H3,(H,22,23). The van der Waals surface area contributed by atoms with E-state index in [0.29, 0.717) is 0 Å². The Morgan fingerprint density at radius 3 is 2.30 bits per heavy atom. The fraction of sp³-hybridized carbons (Fsp3) is 0.267. The molecule has 1 aliphatic rings. The van der Waals surface area contributed by atoms with Gasteiger partial charge in [0.1, 0.15) is 0 Å². The van der Waals surface area contributed by atoms with Gasteiger partial charge in [-0.15, -0.1) is 0 Å². The lowest BCUT2D eigenvalue weighted by Gasteiger charge is -2.28. The summed E-state index contributed by atoms with van der Waals surface area (Å²) in [6, 6.07) is 1.65. The van der Waals surface area contributed by atoms with Crippen molar-refractivity contribution in [2.45, 2.75) is 18.3 Å². The van der Waals surface area contributed by atoms with Gasteiger partial charge in [-0.3, -0.25) is 4.79 Å². The first-order chi connectivity index (χ1) is 10.6. The van der Waals surface area contributed by atoms with Gasteiger partial charge in [-0.2, -0.15) is 13.2 Å². The number of hydrogen-bond donors (Lipinski definition) is 1. The number of hydrogen-bond acceptors (Lipinski definition) is 1. The summed E-state index contributed by atoms with van der Waals surface area (Å²) in [5.41, 5.74) is -2.78. The van der Waals surface area contributed by atoms with E-state index in [2.05, 4.69) is 37.2 Å². The number of benzene rings is 1. The lowest BCUT2D eigenvalue weighted by Crippen LogP contribution is -2.28. The van der Waals surface area contributed by atoms with Crippen molar-refractivity contribution >= 4 is 37.8 Å².